The number of carbonyl (C=O) groups excluding carboxylic acids is 1. The second kappa shape index (κ2) is 6.06. The Bertz CT molecular complexity index is 443. The fourth-order valence-corrected chi connectivity index (χ4v) is 2.46. The molecule has 1 aliphatic rings. The fourth-order valence-electron chi connectivity index (χ4n) is 2.46. The van der Waals surface area contributed by atoms with Crippen LogP contribution in [0.4, 0.5) is 5.69 Å². The topological polar surface area (TPSA) is 49.6 Å². The Morgan fingerprint density at radius 2 is 2.05 bits per heavy atom. The summed E-state index contributed by atoms with van der Waals surface area (Å²) in [5.41, 5.74) is 7.86. The van der Waals surface area contributed by atoms with Gasteiger partial charge in [-0.3, -0.25) is 4.79 Å². The number of hydrogen-bond acceptors (Lipinski definition) is 3. The van der Waals surface area contributed by atoms with Gasteiger partial charge in [0.05, 0.1) is 6.54 Å². The van der Waals surface area contributed by atoms with Crippen molar-refractivity contribution in [3.63, 3.8) is 0 Å². The Hall–Kier alpha value is -1.55. The number of carbonyl (C=O) groups is 1. The maximum absolute atomic E-state index is 12.3. The molecule has 4 heteroatoms. The molecule has 0 heterocycles. The molecule has 4 nitrogen and oxygen atoms in total. The highest BCUT2D eigenvalue weighted by Gasteiger charge is 2.31. The molecule has 2 N–H and O–H groups in total. The number of likely N-dealkylation sites (N-methyl/N-ethyl adjacent to an activating group) is 2. The van der Waals surface area contributed by atoms with Crippen molar-refractivity contribution in [3.05, 3.63) is 29.8 Å². The van der Waals surface area contributed by atoms with Gasteiger partial charge in [-0.25, -0.2) is 0 Å². The molecule has 0 aliphatic heterocycles. The number of para-hydroxylation sites is 1. The molecule has 2 rings (SSSR count). The predicted octanol–water partition coefficient (Wildman–Crippen LogP) is 1.59. The molecule has 104 valence electrons. The van der Waals surface area contributed by atoms with E-state index in [1.165, 1.54) is 0 Å². The van der Waals surface area contributed by atoms with Crippen molar-refractivity contribution in [3.8, 4) is 0 Å². The van der Waals surface area contributed by atoms with E-state index in [-0.39, 0.29) is 5.91 Å². The molecule has 0 unspecified atom stereocenters. The first-order valence-electron chi connectivity index (χ1n) is 6.96. The van der Waals surface area contributed by atoms with Crippen LogP contribution in [-0.2, 0) is 11.3 Å². The monoisotopic (exact) mass is 261 g/mol. The van der Waals surface area contributed by atoms with Crippen molar-refractivity contribution in [2.24, 2.45) is 5.73 Å². The predicted molar refractivity (Wildman–Crippen MR) is 78.0 cm³/mol. The zero-order valence-corrected chi connectivity index (χ0v) is 11.8. The summed E-state index contributed by atoms with van der Waals surface area (Å²) in [4.78, 5) is 16.3. The van der Waals surface area contributed by atoms with E-state index in [2.05, 4.69) is 0 Å². The average molecular weight is 261 g/mol. The number of anilines is 1. The van der Waals surface area contributed by atoms with Gasteiger partial charge in [-0.05, 0) is 31.4 Å². The Morgan fingerprint density at radius 3 is 2.63 bits per heavy atom. The van der Waals surface area contributed by atoms with Crippen molar-refractivity contribution in [1.29, 1.82) is 0 Å². The number of nitrogens with two attached hydrogens (primary N) is 1. The molecule has 1 aromatic rings. The normalized spacial score (nSPS) is 14.3. The van der Waals surface area contributed by atoms with Gasteiger partial charge in [0, 0.05) is 31.9 Å². The van der Waals surface area contributed by atoms with Crippen LogP contribution in [0.15, 0.2) is 24.3 Å². The third-order valence-corrected chi connectivity index (χ3v) is 3.64. The maximum atomic E-state index is 12.3. The smallest absolute Gasteiger partial charge is 0.242 e. The summed E-state index contributed by atoms with van der Waals surface area (Å²) in [5.74, 6) is 0.208. The highest BCUT2D eigenvalue weighted by molar-refractivity contribution is 5.82. The average Bonchev–Trinajstić information content (AvgIpc) is 3.24. The van der Waals surface area contributed by atoms with E-state index in [1.54, 1.807) is 0 Å². The first kappa shape index (κ1) is 13.9. The molecule has 0 saturated heterocycles. The lowest BCUT2D eigenvalue weighted by Gasteiger charge is -2.26. The van der Waals surface area contributed by atoms with Gasteiger partial charge in [0.1, 0.15) is 0 Å². The highest BCUT2D eigenvalue weighted by Crippen LogP contribution is 2.27. The molecule has 1 fully saturated rings. The Morgan fingerprint density at radius 1 is 1.37 bits per heavy atom. The van der Waals surface area contributed by atoms with Crippen LogP contribution in [-0.4, -0.2) is 37.0 Å². The summed E-state index contributed by atoms with van der Waals surface area (Å²) in [7, 11) is 1.95. The first-order chi connectivity index (χ1) is 9.17. The molecule has 1 amide bonds. The molecule has 0 spiro atoms. The van der Waals surface area contributed by atoms with E-state index in [1.807, 2.05) is 48.0 Å². The molecular formula is C15H23N3O. The van der Waals surface area contributed by atoms with Crippen LogP contribution in [0.2, 0.25) is 0 Å². The summed E-state index contributed by atoms with van der Waals surface area (Å²) in [6.45, 7) is 3.76. The minimum Gasteiger partial charge on any atom is -0.365 e. The lowest BCUT2D eigenvalue weighted by Crippen LogP contribution is -2.40. The third kappa shape index (κ3) is 3.26. The third-order valence-electron chi connectivity index (χ3n) is 3.64. The van der Waals surface area contributed by atoms with Gasteiger partial charge >= 0.3 is 0 Å². The van der Waals surface area contributed by atoms with Gasteiger partial charge in [-0.2, -0.15) is 0 Å². The highest BCUT2D eigenvalue weighted by atomic mass is 16.2. The van der Waals surface area contributed by atoms with E-state index in [0.29, 0.717) is 19.1 Å². The lowest BCUT2D eigenvalue weighted by molar-refractivity contribution is -0.130. The lowest BCUT2D eigenvalue weighted by atomic mass is 10.1. The van der Waals surface area contributed by atoms with Crippen molar-refractivity contribution in [2.75, 3.05) is 25.0 Å². The van der Waals surface area contributed by atoms with Gasteiger partial charge in [0.2, 0.25) is 5.91 Å². The van der Waals surface area contributed by atoms with Crippen LogP contribution in [0.25, 0.3) is 0 Å². The van der Waals surface area contributed by atoms with Crippen LogP contribution < -0.4 is 10.6 Å². The van der Waals surface area contributed by atoms with Crippen molar-refractivity contribution in [1.82, 2.24) is 4.90 Å². The first-order valence-corrected chi connectivity index (χ1v) is 6.96. The minimum absolute atomic E-state index is 0.208. The number of hydrogen-bond donors (Lipinski definition) is 1. The molecule has 0 bridgehead atoms. The molecule has 0 atom stereocenters. The van der Waals surface area contributed by atoms with E-state index < -0.39 is 0 Å². The van der Waals surface area contributed by atoms with Crippen LogP contribution >= 0.6 is 0 Å². The summed E-state index contributed by atoms with van der Waals surface area (Å²) in [6, 6.07) is 8.46. The largest absolute Gasteiger partial charge is 0.365 e. The van der Waals surface area contributed by atoms with E-state index in [0.717, 1.165) is 30.6 Å². The quantitative estimate of drug-likeness (QED) is 0.846. The number of amides is 1. The Balaban J connectivity index is 2.03. The van der Waals surface area contributed by atoms with Gasteiger partial charge < -0.3 is 15.5 Å². The Kier molecular flexibility index (Phi) is 4.43. The minimum atomic E-state index is 0.208. The molecule has 1 aliphatic carbocycles. The second-order valence-electron chi connectivity index (χ2n) is 5.10. The zero-order chi connectivity index (χ0) is 13.8. The second-order valence-corrected chi connectivity index (χ2v) is 5.10. The fraction of sp³-hybridized carbons (Fsp3) is 0.533. The summed E-state index contributed by atoms with van der Waals surface area (Å²) >= 11 is 0. The van der Waals surface area contributed by atoms with E-state index >= 15 is 0 Å². The summed E-state index contributed by atoms with van der Waals surface area (Å²) < 4.78 is 0. The number of nitrogens with zero attached hydrogens (tertiary/aromatic N) is 2. The van der Waals surface area contributed by atoms with Crippen molar-refractivity contribution in [2.45, 2.75) is 32.4 Å². The van der Waals surface area contributed by atoms with Crippen molar-refractivity contribution >= 4 is 11.6 Å². The van der Waals surface area contributed by atoms with Gasteiger partial charge in [0.25, 0.3) is 0 Å². The standard InChI is InChI=1S/C15H23N3O/c1-3-18(13-8-9-13)15(19)11-17(2)14-7-5-4-6-12(14)10-16/h4-7,13H,3,8-11,16H2,1-2H3. The van der Waals surface area contributed by atoms with Gasteiger partial charge in [-0.1, -0.05) is 18.2 Å². The molecule has 1 saturated carbocycles. The Labute approximate surface area is 115 Å². The molecule has 1 aromatic carbocycles. The molecule has 0 radical (unpaired) electrons. The SMILES string of the molecule is CCN(C(=O)CN(C)c1ccccc1CN)C1CC1. The maximum Gasteiger partial charge on any atom is 0.242 e. The molecule has 0 aromatic heterocycles. The van der Waals surface area contributed by atoms with Gasteiger partial charge in [0.15, 0.2) is 0 Å². The number of rotatable bonds is 6. The van der Waals surface area contributed by atoms with Crippen LogP contribution in [0.3, 0.4) is 0 Å². The molecular weight excluding hydrogens is 238 g/mol. The number of benzene rings is 1. The zero-order valence-electron chi connectivity index (χ0n) is 11.8. The summed E-state index contributed by atoms with van der Waals surface area (Å²) in [5, 5.41) is 0. The summed E-state index contributed by atoms with van der Waals surface area (Å²) in [6.07, 6.45) is 2.31. The van der Waals surface area contributed by atoms with Crippen LogP contribution in [0.5, 0.6) is 0 Å². The van der Waals surface area contributed by atoms with Gasteiger partial charge in [-0.15, -0.1) is 0 Å². The van der Waals surface area contributed by atoms with Crippen LogP contribution in [0, 0.1) is 0 Å². The van der Waals surface area contributed by atoms with E-state index in [4.69, 9.17) is 5.73 Å². The molecule has 19 heavy (non-hydrogen) atoms. The van der Waals surface area contributed by atoms with E-state index in [9.17, 15) is 4.79 Å². The van der Waals surface area contributed by atoms with Crippen LogP contribution in [0.1, 0.15) is 25.3 Å². The van der Waals surface area contributed by atoms with Crippen molar-refractivity contribution < 1.29 is 4.79 Å².